The first kappa shape index (κ1) is 66.4. The molecule has 0 N–H and O–H groups in total. The van der Waals surface area contributed by atoms with Gasteiger partial charge in [-0.1, -0.05) is 282 Å². The van der Waals surface area contributed by atoms with Gasteiger partial charge in [-0.15, -0.1) is 0 Å². The van der Waals surface area contributed by atoms with E-state index in [4.69, 9.17) is 9.97 Å². The summed E-state index contributed by atoms with van der Waals surface area (Å²) >= 11 is 0. The number of rotatable bonds is 9. The van der Waals surface area contributed by atoms with Gasteiger partial charge in [0, 0.05) is 50.8 Å². The first-order chi connectivity index (χ1) is 46.8. The molecule has 2 aliphatic heterocycles. The molecule has 0 saturated heterocycles. The maximum Gasteiger partial charge on any atom is 0.252 e. The van der Waals surface area contributed by atoms with Crippen LogP contribution in [0.5, 0.6) is 0 Å². The van der Waals surface area contributed by atoms with Crippen LogP contribution in [0.15, 0.2) is 249 Å². The summed E-state index contributed by atoms with van der Waals surface area (Å²) in [6.07, 6.45) is 0. The third kappa shape index (κ3) is 13.0. The number of nitrogens with zero attached hydrogens (tertiary/aromatic N) is 4. The van der Waals surface area contributed by atoms with Gasteiger partial charge in [0.25, 0.3) is 6.71 Å². The zero-order valence-corrected chi connectivity index (χ0v) is 61.5. The van der Waals surface area contributed by atoms with Crippen LogP contribution < -0.4 is 26.2 Å². The van der Waals surface area contributed by atoms with Crippen LogP contribution in [0.4, 0.5) is 34.1 Å². The van der Waals surface area contributed by atoms with Gasteiger partial charge in [-0.05, 0) is 218 Å². The fraction of sp³-hybridized carbons (Fsp3) is 0.255. The van der Waals surface area contributed by atoms with Crippen molar-refractivity contribution < 1.29 is 0 Å². The molecule has 14 rings (SSSR count). The van der Waals surface area contributed by atoms with Crippen LogP contribution in [0.3, 0.4) is 0 Å². The molecule has 0 amide bonds. The summed E-state index contributed by atoms with van der Waals surface area (Å²) in [6.45, 7) is 41.8. The molecule has 99 heavy (non-hydrogen) atoms. The first-order valence-electron chi connectivity index (χ1n) is 35.6. The predicted octanol–water partition coefficient (Wildman–Crippen LogP) is 24.0. The minimum Gasteiger partial charge on any atom is -0.311 e. The molecule has 0 fully saturated rings. The highest BCUT2D eigenvalue weighted by Gasteiger charge is 2.45. The van der Waals surface area contributed by atoms with E-state index in [0.29, 0.717) is 5.82 Å². The van der Waals surface area contributed by atoms with Crippen LogP contribution in [-0.2, 0) is 32.5 Å². The van der Waals surface area contributed by atoms with Gasteiger partial charge < -0.3 is 9.80 Å². The number of fused-ring (bicyclic) bond motifs is 4. The monoisotopic (exact) mass is 1290 g/mol. The average Bonchev–Trinajstić information content (AvgIpc) is 0.692. The van der Waals surface area contributed by atoms with Crippen molar-refractivity contribution in [3.05, 3.63) is 282 Å². The summed E-state index contributed by atoms with van der Waals surface area (Å²) in [6, 6.07) is 94.5. The smallest absolute Gasteiger partial charge is 0.252 e. The summed E-state index contributed by atoms with van der Waals surface area (Å²) in [5, 5.41) is 0. The van der Waals surface area contributed by atoms with Crippen molar-refractivity contribution in [3.63, 3.8) is 0 Å². The molecule has 0 saturated carbocycles. The van der Waals surface area contributed by atoms with E-state index in [1.54, 1.807) is 0 Å². The lowest BCUT2D eigenvalue weighted by atomic mass is 9.33. The van der Waals surface area contributed by atoms with E-state index in [9.17, 15) is 0 Å². The lowest BCUT2D eigenvalue weighted by Crippen LogP contribution is -2.61. The van der Waals surface area contributed by atoms with E-state index in [2.05, 4.69) is 383 Å². The number of benzene rings is 11. The minimum atomic E-state index is -0.166. The van der Waals surface area contributed by atoms with Gasteiger partial charge in [0.15, 0.2) is 5.82 Å². The molecule has 0 radical (unpaired) electrons. The molecule has 12 aromatic rings. The summed E-state index contributed by atoms with van der Waals surface area (Å²) in [5.41, 5.74) is 31.1. The highest BCUT2D eigenvalue weighted by Crippen LogP contribution is 2.51. The third-order valence-corrected chi connectivity index (χ3v) is 20.5. The lowest BCUT2D eigenvalue weighted by Gasteiger charge is -2.45. The maximum absolute atomic E-state index is 5.99. The van der Waals surface area contributed by atoms with Crippen LogP contribution in [0.1, 0.15) is 158 Å². The Balaban J connectivity index is 1.17. The standard InChI is InChI=1S/C94H95BN4/c1-89(2,3)71-39-41-79-83(57-71)98(77-49-64(60-31-23-19-24-32-60)43-65(50-77)61-33-25-20-26-34-61)85-53-69(82-59-81(68-45-73(91(7,8)9)55-74(46-68)92(10,11)12)96-88(97-82)70-47-75(93(13,14)15)56-76(48-70)94(16,17)18)54-86-87(85)95(79)80-42-40-72(90(4,5)6)58-84(80)99(86)78-51-66(62-35-27-21-28-36-62)44-67(52-78)63-37-29-22-30-38-63/h19-59H,1-18H3. The Bertz CT molecular complexity index is 4570. The van der Waals surface area contributed by atoms with Crippen molar-refractivity contribution in [1.29, 1.82) is 0 Å². The molecule has 5 heteroatoms. The quantitative estimate of drug-likeness (QED) is 0.135. The van der Waals surface area contributed by atoms with Crippen molar-refractivity contribution in [2.24, 2.45) is 0 Å². The highest BCUT2D eigenvalue weighted by molar-refractivity contribution is 7.00. The molecular weight excluding hydrogens is 1200 g/mol. The van der Waals surface area contributed by atoms with Crippen molar-refractivity contribution in [3.8, 4) is 78.4 Å². The second kappa shape index (κ2) is 24.6. The summed E-state index contributed by atoms with van der Waals surface area (Å²) in [4.78, 5) is 17.1. The maximum atomic E-state index is 5.99. The topological polar surface area (TPSA) is 32.3 Å². The molecule has 3 heterocycles. The van der Waals surface area contributed by atoms with Crippen molar-refractivity contribution in [2.75, 3.05) is 9.80 Å². The molecule has 11 aromatic carbocycles. The highest BCUT2D eigenvalue weighted by atomic mass is 15.2. The van der Waals surface area contributed by atoms with Gasteiger partial charge in [-0.2, -0.15) is 0 Å². The van der Waals surface area contributed by atoms with Gasteiger partial charge >= 0.3 is 0 Å². The summed E-state index contributed by atoms with van der Waals surface area (Å²) in [5.74, 6) is 0.696. The van der Waals surface area contributed by atoms with E-state index >= 15 is 0 Å². The predicted molar refractivity (Wildman–Crippen MR) is 426 cm³/mol. The van der Waals surface area contributed by atoms with Crippen molar-refractivity contribution in [2.45, 2.75) is 157 Å². The van der Waals surface area contributed by atoms with Gasteiger partial charge in [0.05, 0.1) is 11.4 Å². The zero-order chi connectivity index (χ0) is 69.9. The lowest BCUT2D eigenvalue weighted by molar-refractivity contribution is 0.568. The Hall–Kier alpha value is -9.84. The Kier molecular flexibility index (Phi) is 16.5. The Morgan fingerprint density at radius 3 is 0.828 bits per heavy atom. The van der Waals surface area contributed by atoms with Gasteiger partial charge in [0.2, 0.25) is 0 Å². The van der Waals surface area contributed by atoms with Gasteiger partial charge in [0.1, 0.15) is 0 Å². The second-order valence-electron chi connectivity index (χ2n) is 34.1. The van der Waals surface area contributed by atoms with E-state index in [-0.39, 0.29) is 39.2 Å². The Labute approximate surface area is 591 Å². The number of hydrogen-bond acceptors (Lipinski definition) is 4. The molecule has 4 nitrogen and oxygen atoms in total. The fourth-order valence-electron chi connectivity index (χ4n) is 14.4. The van der Waals surface area contributed by atoms with Crippen LogP contribution in [-0.4, -0.2) is 16.7 Å². The number of hydrogen-bond donors (Lipinski definition) is 0. The van der Waals surface area contributed by atoms with Crippen LogP contribution >= 0.6 is 0 Å². The fourth-order valence-corrected chi connectivity index (χ4v) is 14.4. The Morgan fingerprint density at radius 2 is 0.525 bits per heavy atom. The third-order valence-electron chi connectivity index (χ3n) is 20.5. The van der Waals surface area contributed by atoms with Crippen LogP contribution in [0.25, 0.3) is 78.4 Å². The molecular formula is C94H95BN4. The number of anilines is 6. The largest absolute Gasteiger partial charge is 0.311 e. The summed E-state index contributed by atoms with van der Waals surface area (Å²) in [7, 11) is 0. The van der Waals surface area contributed by atoms with E-state index < -0.39 is 0 Å². The van der Waals surface area contributed by atoms with Crippen molar-refractivity contribution in [1.82, 2.24) is 9.97 Å². The zero-order valence-electron chi connectivity index (χ0n) is 61.5. The Morgan fingerprint density at radius 1 is 0.232 bits per heavy atom. The molecule has 494 valence electrons. The van der Waals surface area contributed by atoms with Gasteiger partial charge in [-0.3, -0.25) is 0 Å². The molecule has 2 aliphatic rings. The summed E-state index contributed by atoms with van der Waals surface area (Å²) < 4.78 is 0. The van der Waals surface area contributed by atoms with E-state index in [0.717, 1.165) is 107 Å². The molecule has 0 spiro atoms. The van der Waals surface area contributed by atoms with Gasteiger partial charge in [-0.25, -0.2) is 9.97 Å². The SMILES string of the molecule is CC(C)(C)c1cc(-c2cc(-c3cc4c5c(c3)N(c3cc(-c6ccccc6)cc(-c6ccccc6)c3)c3cc(C(C)(C)C)ccc3B5c3ccc(C(C)(C)C)cc3N4c3cc(-c4ccccc4)cc(-c4ccccc4)c3)nc(-c3cc(C(C)(C)C)cc(C(C)(C)C)c3)n2)cc(C(C)(C)C)c1. The van der Waals surface area contributed by atoms with Crippen molar-refractivity contribution >= 4 is 57.2 Å². The van der Waals surface area contributed by atoms with E-state index in [1.807, 2.05) is 0 Å². The molecule has 0 bridgehead atoms. The van der Waals surface area contributed by atoms with Crippen LogP contribution in [0, 0.1) is 0 Å². The number of aromatic nitrogens is 2. The van der Waals surface area contributed by atoms with E-state index in [1.165, 1.54) is 49.8 Å². The minimum absolute atomic E-state index is 0.134. The molecule has 0 atom stereocenters. The molecule has 0 unspecified atom stereocenters. The first-order valence-corrected chi connectivity index (χ1v) is 35.6. The van der Waals surface area contributed by atoms with Crippen LogP contribution in [0.2, 0.25) is 0 Å². The second-order valence-corrected chi connectivity index (χ2v) is 34.1. The molecule has 0 aliphatic carbocycles. The normalized spacial score (nSPS) is 13.3. The average molecular weight is 1290 g/mol. The molecule has 1 aromatic heterocycles.